The van der Waals surface area contributed by atoms with E-state index < -0.39 is 5.97 Å². The molecule has 4 aromatic rings. The minimum absolute atomic E-state index is 0.263. The van der Waals surface area contributed by atoms with Crippen LogP contribution in [0.25, 0.3) is 22.4 Å². The molecule has 0 aliphatic heterocycles. The minimum atomic E-state index is -0.440. The van der Waals surface area contributed by atoms with E-state index in [-0.39, 0.29) is 6.61 Å². The maximum absolute atomic E-state index is 13.2. The minimum Gasteiger partial charge on any atom is -0.462 e. The number of anilines is 2. The molecule has 0 saturated heterocycles. The highest BCUT2D eigenvalue weighted by Crippen LogP contribution is 2.37. The average Bonchev–Trinajstić information content (AvgIpc) is 2.82. The molecule has 32 heavy (non-hydrogen) atoms. The highest BCUT2D eigenvalue weighted by molar-refractivity contribution is 6.05. The number of hydrogen-bond acceptors (Lipinski definition) is 5. The smallest absolute Gasteiger partial charge is 0.342 e. The lowest BCUT2D eigenvalue weighted by Crippen LogP contribution is -2.13. The second kappa shape index (κ2) is 9.43. The highest BCUT2D eigenvalue weighted by Gasteiger charge is 2.25. The maximum Gasteiger partial charge on any atom is 0.342 e. The molecular formula is C27H25N3O2. The van der Waals surface area contributed by atoms with Gasteiger partial charge in [0, 0.05) is 16.8 Å². The van der Waals surface area contributed by atoms with Crippen LogP contribution in [0.5, 0.6) is 0 Å². The molecule has 1 aromatic heterocycles. The second-order valence-electron chi connectivity index (χ2n) is 7.52. The van der Waals surface area contributed by atoms with Crippen molar-refractivity contribution in [3.8, 4) is 22.4 Å². The fraction of sp³-hybridized carbons (Fsp3) is 0.148. The van der Waals surface area contributed by atoms with Crippen molar-refractivity contribution in [1.82, 2.24) is 10.2 Å². The molecule has 4 rings (SSSR count). The van der Waals surface area contributed by atoms with Gasteiger partial charge in [-0.3, -0.25) is 0 Å². The van der Waals surface area contributed by atoms with Crippen molar-refractivity contribution < 1.29 is 9.53 Å². The molecule has 0 amide bonds. The van der Waals surface area contributed by atoms with Gasteiger partial charge in [-0.15, -0.1) is 10.2 Å². The number of carbonyl (C=O) groups excluding carboxylic acids is 1. The molecule has 5 nitrogen and oxygen atoms in total. The number of hydrogen-bond donors (Lipinski definition) is 1. The average molecular weight is 424 g/mol. The van der Waals surface area contributed by atoms with Gasteiger partial charge in [-0.25, -0.2) is 4.79 Å². The Bertz CT molecular complexity index is 1240. The first-order chi connectivity index (χ1) is 15.6. The lowest BCUT2D eigenvalue weighted by atomic mass is 9.95. The Morgan fingerprint density at radius 3 is 2.12 bits per heavy atom. The third-order valence-corrected chi connectivity index (χ3v) is 5.33. The summed E-state index contributed by atoms with van der Waals surface area (Å²) in [7, 11) is 0. The van der Waals surface area contributed by atoms with Gasteiger partial charge in [-0.05, 0) is 49.6 Å². The quantitative estimate of drug-likeness (QED) is 0.366. The molecule has 5 heteroatoms. The number of nitrogens with one attached hydrogen (secondary N) is 1. The molecule has 0 unspecified atom stereocenters. The van der Waals surface area contributed by atoms with Crippen molar-refractivity contribution >= 4 is 17.5 Å². The lowest BCUT2D eigenvalue weighted by Gasteiger charge is -2.18. The number of ether oxygens (including phenoxy) is 1. The molecule has 160 valence electrons. The van der Waals surface area contributed by atoms with Crippen molar-refractivity contribution in [3.63, 3.8) is 0 Å². The molecule has 0 fully saturated rings. The van der Waals surface area contributed by atoms with Gasteiger partial charge in [0.25, 0.3) is 0 Å². The topological polar surface area (TPSA) is 64.1 Å². The second-order valence-corrected chi connectivity index (χ2v) is 7.52. The fourth-order valence-electron chi connectivity index (χ4n) is 3.57. The zero-order valence-corrected chi connectivity index (χ0v) is 18.4. The standard InChI is InChI=1S/C27H25N3O2/c1-4-32-27(31)24-23(20-11-7-5-8-12-20)25(21-13-9-6-10-14-21)29-30-26(24)28-22-16-15-18(2)19(3)17-22/h5-17H,4H2,1-3H3,(H,28,30). The van der Waals surface area contributed by atoms with Gasteiger partial charge in [0.15, 0.2) is 5.82 Å². The molecule has 3 aromatic carbocycles. The van der Waals surface area contributed by atoms with E-state index in [0.29, 0.717) is 22.6 Å². The first-order valence-electron chi connectivity index (χ1n) is 10.6. The summed E-state index contributed by atoms with van der Waals surface area (Å²) in [5.74, 6) is -0.0741. The molecule has 0 aliphatic rings. The maximum atomic E-state index is 13.2. The third-order valence-electron chi connectivity index (χ3n) is 5.33. The molecule has 0 saturated carbocycles. The number of rotatable bonds is 6. The summed E-state index contributed by atoms with van der Waals surface area (Å²) in [6, 6.07) is 25.5. The first kappa shape index (κ1) is 21.2. The van der Waals surface area contributed by atoms with Gasteiger partial charge in [0.05, 0.1) is 6.61 Å². The number of aromatic nitrogens is 2. The van der Waals surface area contributed by atoms with E-state index >= 15 is 0 Å². The lowest BCUT2D eigenvalue weighted by molar-refractivity contribution is 0.0528. The largest absolute Gasteiger partial charge is 0.462 e. The molecule has 0 bridgehead atoms. The zero-order valence-electron chi connectivity index (χ0n) is 18.4. The predicted molar refractivity (Wildman–Crippen MR) is 128 cm³/mol. The summed E-state index contributed by atoms with van der Waals surface area (Å²) in [4.78, 5) is 13.2. The van der Waals surface area contributed by atoms with Crippen LogP contribution in [0.1, 0.15) is 28.4 Å². The molecule has 0 atom stereocenters. The summed E-state index contributed by atoms with van der Waals surface area (Å²) in [5.41, 5.74) is 6.60. The van der Waals surface area contributed by atoms with Gasteiger partial charge >= 0.3 is 5.97 Å². The summed E-state index contributed by atoms with van der Waals surface area (Å²) < 4.78 is 5.46. The van der Waals surface area contributed by atoms with E-state index in [0.717, 1.165) is 22.4 Å². The Kier molecular flexibility index (Phi) is 6.26. The first-order valence-corrected chi connectivity index (χ1v) is 10.6. The Balaban J connectivity index is 1.96. The number of esters is 1. The molecular weight excluding hydrogens is 398 g/mol. The normalized spacial score (nSPS) is 10.6. The van der Waals surface area contributed by atoms with Crippen molar-refractivity contribution in [2.24, 2.45) is 0 Å². The van der Waals surface area contributed by atoms with Crippen LogP contribution in [-0.4, -0.2) is 22.8 Å². The van der Waals surface area contributed by atoms with E-state index in [1.807, 2.05) is 85.8 Å². The Morgan fingerprint density at radius 1 is 0.844 bits per heavy atom. The van der Waals surface area contributed by atoms with E-state index in [1.54, 1.807) is 6.92 Å². The summed E-state index contributed by atoms with van der Waals surface area (Å²) >= 11 is 0. The summed E-state index contributed by atoms with van der Waals surface area (Å²) in [5, 5.41) is 12.3. The Morgan fingerprint density at radius 2 is 1.50 bits per heavy atom. The fourth-order valence-corrected chi connectivity index (χ4v) is 3.57. The highest BCUT2D eigenvalue weighted by atomic mass is 16.5. The van der Waals surface area contributed by atoms with Gasteiger partial charge in [-0.1, -0.05) is 66.7 Å². The Hall–Kier alpha value is -3.99. The SMILES string of the molecule is CCOC(=O)c1c(Nc2ccc(C)c(C)c2)nnc(-c2ccccc2)c1-c1ccccc1. The van der Waals surface area contributed by atoms with Crippen LogP contribution in [0.2, 0.25) is 0 Å². The van der Waals surface area contributed by atoms with Crippen LogP contribution in [0.15, 0.2) is 78.9 Å². The molecule has 1 heterocycles. The summed E-state index contributed by atoms with van der Waals surface area (Å²) in [6.45, 7) is 6.17. The Labute approximate surface area is 188 Å². The molecule has 0 spiro atoms. The van der Waals surface area contributed by atoms with Gasteiger partial charge in [0.1, 0.15) is 11.3 Å². The number of benzene rings is 3. The van der Waals surface area contributed by atoms with Crippen molar-refractivity contribution in [2.45, 2.75) is 20.8 Å². The van der Waals surface area contributed by atoms with Crippen LogP contribution in [0, 0.1) is 13.8 Å². The third kappa shape index (κ3) is 4.37. The number of aryl methyl sites for hydroxylation is 2. The van der Waals surface area contributed by atoms with Crippen LogP contribution in [-0.2, 0) is 4.74 Å². The van der Waals surface area contributed by atoms with E-state index in [9.17, 15) is 4.79 Å². The number of nitrogens with zero attached hydrogens (tertiary/aromatic N) is 2. The van der Waals surface area contributed by atoms with Crippen molar-refractivity contribution in [2.75, 3.05) is 11.9 Å². The van der Waals surface area contributed by atoms with Crippen LogP contribution < -0.4 is 5.32 Å². The van der Waals surface area contributed by atoms with Crippen LogP contribution >= 0.6 is 0 Å². The number of carbonyl (C=O) groups is 1. The van der Waals surface area contributed by atoms with Crippen molar-refractivity contribution in [3.05, 3.63) is 95.6 Å². The van der Waals surface area contributed by atoms with E-state index in [1.165, 1.54) is 5.56 Å². The summed E-state index contributed by atoms with van der Waals surface area (Å²) in [6.07, 6.45) is 0. The zero-order chi connectivity index (χ0) is 22.5. The monoisotopic (exact) mass is 423 g/mol. The van der Waals surface area contributed by atoms with E-state index in [4.69, 9.17) is 4.74 Å². The molecule has 0 radical (unpaired) electrons. The van der Waals surface area contributed by atoms with Crippen LogP contribution in [0.3, 0.4) is 0 Å². The van der Waals surface area contributed by atoms with Gasteiger partial charge in [0.2, 0.25) is 0 Å². The van der Waals surface area contributed by atoms with Crippen molar-refractivity contribution in [1.29, 1.82) is 0 Å². The van der Waals surface area contributed by atoms with Gasteiger partial charge in [-0.2, -0.15) is 0 Å². The van der Waals surface area contributed by atoms with Gasteiger partial charge < -0.3 is 10.1 Å². The molecule has 1 N–H and O–H groups in total. The predicted octanol–water partition coefficient (Wildman–Crippen LogP) is 6.35. The van der Waals surface area contributed by atoms with E-state index in [2.05, 4.69) is 22.4 Å². The van der Waals surface area contributed by atoms with Crippen LogP contribution in [0.4, 0.5) is 11.5 Å². The molecule has 0 aliphatic carbocycles.